The summed E-state index contributed by atoms with van der Waals surface area (Å²) in [6.45, 7) is 14.2. The Balaban J connectivity index is 0.000000180. The van der Waals surface area contributed by atoms with Crippen molar-refractivity contribution in [1.29, 1.82) is 0 Å². The van der Waals surface area contributed by atoms with Gasteiger partial charge in [0, 0.05) is 141 Å². The van der Waals surface area contributed by atoms with E-state index in [1.165, 1.54) is 31.0 Å². The van der Waals surface area contributed by atoms with E-state index in [0.29, 0.717) is 86.2 Å². The summed E-state index contributed by atoms with van der Waals surface area (Å²) in [6.07, 6.45) is 10.4. The van der Waals surface area contributed by atoms with Gasteiger partial charge in [-0.3, -0.25) is 24.1 Å². The number of carbonyl (C=O) groups is 4. The van der Waals surface area contributed by atoms with E-state index in [1.807, 2.05) is 41.8 Å². The molecule has 24 nitrogen and oxygen atoms in total. The number of rotatable bonds is 21. The van der Waals surface area contributed by atoms with E-state index in [0.717, 1.165) is 105 Å². The smallest absolute Gasteiger partial charge is 0.219 e. The highest BCUT2D eigenvalue weighted by Crippen LogP contribution is 2.24. The first kappa shape index (κ1) is 61.6. The van der Waals surface area contributed by atoms with E-state index >= 15 is 0 Å². The Morgan fingerprint density at radius 2 is 1.17 bits per heavy atom. The number of likely N-dealkylation sites (tertiary alicyclic amines) is 2. The SMILES string of the molecule is CC(=O)N1CCC(Nc2cc(C(=O)CC[C@H](O)CCl)ncn2)CC1.CC(=O)N1CCC(Nc2cc(C(=O)CC[C@H](O)CN3CCc4nc(OCc5ocnc5C)ccc4C3)ncn2)CC1.Cc1ncoc1COc1ccc2c(n1)CCNC2. The van der Waals surface area contributed by atoms with Crippen molar-refractivity contribution in [3.05, 3.63) is 119 Å². The van der Waals surface area contributed by atoms with Gasteiger partial charge in [-0.1, -0.05) is 12.1 Å². The van der Waals surface area contributed by atoms with Crippen LogP contribution in [0.5, 0.6) is 11.8 Å². The number of amides is 2. The molecule has 4 aliphatic rings. The highest BCUT2D eigenvalue weighted by molar-refractivity contribution is 6.18. The number of aromatic nitrogens is 8. The predicted molar refractivity (Wildman–Crippen MR) is 306 cm³/mol. The van der Waals surface area contributed by atoms with Crippen LogP contribution in [0.25, 0.3) is 0 Å². The number of fused-ring (bicyclic) bond motifs is 2. The zero-order valence-electron chi connectivity index (χ0n) is 47.6. The van der Waals surface area contributed by atoms with Gasteiger partial charge in [0.1, 0.15) is 48.9 Å². The average molecular weight is 1160 g/mol. The van der Waals surface area contributed by atoms with Gasteiger partial charge < -0.3 is 54.3 Å². The van der Waals surface area contributed by atoms with Crippen LogP contribution in [-0.2, 0) is 48.7 Å². The van der Waals surface area contributed by atoms with Crippen molar-refractivity contribution >= 4 is 46.6 Å². The number of β-amino-alcohol motifs (C(OH)–C–C–N with tert-alkyl or cyclic N) is 1. The third-order valence-corrected chi connectivity index (χ3v) is 15.3. The Labute approximate surface area is 487 Å². The number of piperidine rings is 2. The molecule has 5 N–H and O–H groups in total. The van der Waals surface area contributed by atoms with E-state index in [9.17, 15) is 29.4 Å². The van der Waals surface area contributed by atoms with Gasteiger partial charge in [0.15, 0.2) is 35.9 Å². The average Bonchev–Trinajstić information content (AvgIpc) is 4.21. The van der Waals surface area contributed by atoms with Gasteiger partial charge in [-0.2, -0.15) is 0 Å². The topological polar surface area (TPSA) is 302 Å². The quantitative estimate of drug-likeness (QED) is 0.0432. The van der Waals surface area contributed by atoms with E-state index in [4.69, 9.17) is 29.9 Å². The van der Waals surface area contributed by atoms with Crippen molar-refractivity contribution in [2.24, 2.45) is 0 Å². The van der Waals surface area contributed by atoms with E-state index in [1.54, 1.807) is 26.0 Å². The molecule has 0 aromatic carbocycles. The third kappa shape index (κ3) is 18.7. The van der Waals surface area contributed by atoms with Gasteiger partial charge in [0.25, 0.3) is 0 Å². The second-order valence-corrected chi connectivity index (χ2v) is 21.3. The number of anilines is 2. The number of ether oxygens (including phenoxy) is 2. The molecule has 10 rings (SSSR count). The van der Waals surface area contributed by atoms with Gasteiger partial charge >= 0.3 is 0 Å². The Bertz CT molecular complexity index is 3090. The molecule has 0 aliphatic carbocycles. The fraction of sp³-hybridized carbons (Fsp3) is 0.517. The Hall–Kier alpha value is -7.51. The lowest BCUT2D eigenvalue weighted by molar-refractivity contribution is -0.130. The monoisotopic (exact) mass is 1160 g/mol. The fourth-order valence-corrected chi connectivity index (χ4v) is 10.0. The molecular formula is C58H75ClN14O10. The second-order valence-electron chi connectivity index (χ2n) is 21.0. The Morgan fingerprint density at radius 1 is 0.675 bits per heavy atom. The van der Waals surface area contributed by atoms with Gasteiger partial charge in [-0.25, -0.2) is 39.9 Å². The number of oxazole rings is 2. The molecule has 0 radical (unpaired) electrons. The second kappa shape index (κ2) is 30.7. The number of Topliss-reactive ketones (excluding diaryl/α,β-unsaturated/α-hetero) is 2. The van der Waals surface area contributed by atoms with Crippen molar-refractivity contribution in [3.8, 4) is 11.8 Å². The number of ketones is 2. The number of aliphatic hydroxyl groups is 2. The maximum absolute atomic E-state index is 12.8. The minimum absolute atomic E-state index is 0.0950. The van der Waals surface area contributed by atoms with Crippen LogP contribution in [-0.4, -0.2) is 164 Å². The number of carbonyl (C=O) groups excluding carboxylic acids is 4. The molecule has 6 aromatic heterocycles. The molecule has 83 heavy (non-hydrogen) atoms. The summed E-state index contributed by atoms with van der Waals surface area (Å²) < 4.78 is 22.0. The maximum atomic E-state index is 12.8. The van der Waals surface area contributed by atoms with Crippen molar-refractivity contribution < 1.29 is 47.7 Å². The number of aliphatic hydroxyl groups excluding tert-OH is 2. The summed E-state index contributed by atoms with van der Waals surface area (Å²) >= 11 is 5.52. The standard InChI is InChI=1S/C29H37N7O5.C16H23ClN4O3.C13H15N3O2/c1-19-27(41-18-32-19)16-40-29-6-3-21-14-35(10-9-24(21)34-29)15-23(38)4-5-26(39)25-13-28(31-17-30-25)33-22-7-11-36(12-8-22)20(2)37;1-11(22)21-6-4-12(5-7-21)20-16-8-14(18-10-19-16)15(24)3-2-13(23)9-17;1-9-12(18-8-15-9)7-17-13-3-2-10-6-14-5-4-11(10)16-13/h3,6,13,17-18,22-23,38H,4-5,7-12,14-16H2,1-2H3,(H,30,31,33);8,10,12-13,23H,2-7,9H2,1H3,(H,18,19,20);2-3,8,14H,4-7H2,1H3/t23-;13-;/m00./s1. The van der Waals surface area contributed by atoms with Crippen LogP contribution in [0.1, 0.15) is 132 Å². The number of nitrogens with one attached hydrogen (secondary N) is 3. The van der Waals surface area contributed by atoms with Crippen molar-refractivity contribution in [3.63, 3.8) is 0 Å². The largest absolute Gasteiger partial charge is 0.469 e. The van der Waals surface area contributed by atoms with Crippen LogP contribution in [0, 0.1) is 13.8 Å². The van der Waals surface area contributed by atoms with E-state index < -0.39 is 12.2 Å². The zero-order chi connectivity index (χ0) is 58.7. The van der Waals surface area contributed by atoms with Crippen LogP contribution in [0.4, 0.5) is 11.6 Å². The lowest BCUT2D eigenvalue weighted by Gasteiger charge is -2.31. The minimum atomic E-state index is -0.679. The van der Waals surface area contributed by atoms with Gasteiger partial charge in [-0.15, -0.1) is 11.6 Å². The van der Waals surface area contributed by atoms with Crippen LogP contribution < -0.4 is 25.4 Å². The Kier molecular flexibility index (Phi) is 22.8. The molecule has 2 atom stereocenters. The van der Waals surface area contributed by atoms with Gasteiger partial charge in [0.05, 0.1) is 35.0 Å². The summed E-state index contributed by atoms with van der Waals surface area (Å²) in [4.78, 5) is 87.5. The normalized spacial score (nSPS) is 16.2. The molecule has 0 spiro atoms. The Morgan fingerprint density at radius 3 is 1.65 bits per heavy atom. The number of pyridine rings is 2. The summed E-state index contributed by atoms with van der Waals surface area (Å²) in [5, 5.41) is 30.1. The van der Waals surface area contributed by atoms with Gasteiger partial charge in [-0.05, 0) is 63.5 Å². The van der Waals surface area contributed by atoms with Crippen LogP contribution in [0.3, 0.4) is 0 Å². The first-order chi connectivity index (χ1) is 40.2. The number of nitrogens with zero attached hydrogens (tertiary/aromatic N) is 11. The van der Waals surface area contributed by atoms with Crippen LogP contribution >= 0.6 is 11.6 Å². The number of aryl methyl sites for hydroxylation is 2. The summed E-state index contributed by atoms with van der Waals surface area (Å²) in [7, 11) is 0. The maximum Gasteiger partial charge on any atom is 0.219 e. The van der Waals surface area contributed by atoms with Crippen molar-refractivity contribution in [1.82, 2.24) is 59.9 Å². The molecule has 2 amide bonds. The first-order valence-electron chi connectivity index (χ1n) is 28.3. The molecule has 10 heterocycles. The molecule has 2 fully saturated rings. The molecule has 2 saturated heterocycles. The van der Waals surface area contributed by atoms with E-state index in [2.05, 4.69) is 66.8 Å². The van der Waals surface area contributed by atoms with E-state index in [-0.39, 0.29) is 60.8 Å². The number of hydrogen-bond acceptors (Lipinski definition) is 22. The lowest BCUT2D eigenvalue weighted by Crippen LogP contribution is -2.41. The number of alkyl halides is 1. The zero-order valence-corrected chi connectivity index (χ0v) is 48.4. The van der Waals surface area contributed by atoms with Crippen LogP contribution in [0.15, 0.2) is 70.7 Å². The van der Waals surface area contributed by atoms with Crippen LogP contribution in [0.2, 0.25) is 0 Å². The summed E-state index contributed by atoms with van der Waals surface area (Å²) in [5.41, 5.74) is 6.81. The molecule has 25 heteroatoms. The summed E-state index contributed by atoms with van der Waals surface area (Å²) in [5.74, 6) is 3.87. The molecule has 0 unspecified atom stereocenters. The molecule has 444 valence electrons. The molecular weight excluding hydrogens is 1090 g/mol. The highest BCUT2D eigenvalue weighted by Gasteiger charge is 2.25. The van der Waals surface area contributed by atoms with Crippen molar-refractivity contribution in [2.45, 2.75) is 142 Å². The highest BCUT2D eigenvalue weighted by atomic mass is 35.5. The third-order valence-electron chi connectivity index (χ3n) is 14.9. The van der Waals surface area contributed by atoms with Gasteiger partial charge in [0.2, 0.25) is 23.6 Å². The molecule has 0 bridgehead atoms. The molecule has 6 aromatic rings. The minimum Gasteiger partial charge on any atom is -0.469 e. The summed E-state index contributed by atoms with van der Waals surface area (Å²) in [6, 6.07) is 11.5. The number of hydrogen-bond donors (Lipinski definition) is 5. The molecule has 4 aliphatic heterocycles. The molecule has 0 saturated carbocycles. The first-order valence-corrected chi connectivity index (χ1v) is 28.8. The number of halogens is 1. The fourth-order valence-electron chi connectivity index (χ4n) is 9.89. The van der Waals surface area contributed by atoms with Crippen molar-refractivity contribution in [2.75, 3.05) is 62.3 Å². The predicted octanol–water partition coefficient (Wildman–Crippen LogP) is 5.62. The lowest BCUT2D eigenvalue weighted by atomic mass is 10.0.